The number of rotatable bonds is 7. The smallest absolute Gasteiger partial charge is 0.357 e. The number of nitrogens with one attached hydrogen (secondary N) is 3. The van der Waals surface area contributed by atoms with E-state index < -0.39 is 11.9 Å². The van der Waals surface area contributed by atoms with Crippen molar-refractivity contribution >= 4 is 35.9 Å². The Kier molecular flexibility index (Phi) is 9.90. The number of guanidine groups is 1. The summed E-state index contributed by atoms with van der Waals surface area (Å²) < 4.78 is 51.5. The molecule has 0 amide bonds. The Morgan fingerprint density at radius 1 is 1.11 bits per heavy atom. The van der Waals surface area contributed by atoms with E-state index in [0.717, 1.165) is 12.3 Å². The summed E-state index contributed by atoms with van der Waals surface area (Å²) in [5.41, 5.74) is -0.544. The van der Waals surface area contributed by atoms with E-state index in [1.165, 1.54) is 6.07 Å². The van der Waals surface area contributed by atoms with Crippen LogP contribution in [0.1, 0.15) is 18.2 Å². The van der Waals surface area contributed by atoms with Crippen molar-refractivity contribution in [3.05, 3.63) is 53.6 Å². The highest BCUT2D eigenvalue weighted by Crippen LogP contribution is 2.27. The number of anilines is 1. The molecule has 3 N–H and O–H groups in total. The van der Waals surface area contributed by atoms with Gasteiger partial charge in [-0.25, -0.2) is 19.4 Å². The quantitative estimate of drug-likeness (QED) is 0.174. The van der Waals surface area contributed by atoms with E-state index in [1.807, 2.05) is 6.92 Å². The molecule has 1 aromatic heterocycles. The molecule has 2 rings (SSSR count). The number of hydrogen-bond donors (Lipinski definition) is 3. The fourth-order valence-corrected chi connectivity index (χ4v) is 2.09. The van der Waals surface area contributed by atoms with Crippen molar-refractivity contribution in [3.63, 3.8) is 0 Å². The largest absolute Gasteiger partial charge is 0.433 e. The van der Waals surface area contributed by atoms with Gasteiger partial charge < -0.3 is 16.0 Å². The van der Waals surface area contributed by atoms with Crippen molar-refractivity contribution in [2.75, 3.05) is 25.0 Å². The molecule has 6 nitrogen and oxygen atoms in total. The number of aromatic nitrogens is 2. The van der Waals surface area contributed by atoms with Gasteiger partial charge in [0.2, 0.25) is 5.95 Å². The molecule has 0 aliphatic carbocycles. The second-order valence-corrected chi connectivity index (χ2v) is 5.40. The van der Waals surface area contributed by atoms with E-state index in [9.17, 15) is 17.6 Å². The molecular weight excluding hydrogens is 491 g/mol. The lowest BCUT2D eigenvalue weighted by atomic mass is 10.2. The van der Waals surface area contributed by atoms with Gasteiger partial charge in [0.25, 0.3) is 0 Å². The van der Waals surface area contributed by atoms with Gasteiger partial charge in [-0.3, -0.25) is 0 Å². The van der Waals surface area contributed by atoms with Gasteiger partial charge in [0.1, 0.15) is 11.5 Å². The maximum atomic E-state index is 13.6. The summed E-state index contributed by atoms with van der Waals surface area (Å²) in [6.07, 6.45) is -3.47. The van der Waals surface area contributed by atoms with Gasteiger partial charge in [-0.2, -0.15) is 13.2 Å². The molecule has 11 heteroatoms. The maximum Gasteiger partial charge on any atom is 0.433 e. The first-order valence-corrected chi connectivity index (χ1v) is 8.30. The molecule has 0 fully saturated rings. The minimum absolute atomic E-state index is 0. The molecule has 0 saturated carbocycles. The van der Waals surface area contributed by atoms with Crippen LogP contribution in [0.15, 0.2) is 41.5 Å². The van der Waals surface area contributed by atoms with Crippen LogP contribution in [0.25, 0.3) is 0 Å². The summed E-state index contributed by atoms with van der Waals surface area (Å²) in [4.78, 5) is 11.5. The molecule has 0 bridgehead atoms. The molecule has 0 saturated heterocycles. The monoisotopic (exact) mass is 512 g/mol. The molecule has 2 aromatic rings. The summed E-state index contributed by atoms with van der Waals surface area (Å²) in [6, 6.07) is 7.15. The average Bonchev–Trinajstić information content (AvgIpc) is 2.64. The highest BCUT2D eigenvalue weighted by atomic mass is 127. The highest BCUT2D eigenvalue weighted by molar-refractivity contribution is 14.0. The van der Waals surface area contributed by atoms with Crippen LogP contribution < -0.4 is 16.0 Å². The van der Waals surface area contributed by atoms with Crippen molar-refractivity contribution in [3.8, 4) is 0 Å². The molecule has 1 aromatic carbocycles. The van der Waals surface area contributed by atoms with E-state index in [-0.39, 0.29) is 48.8 Å². The number of aliphatic imine (C=N–C) groups is 1. The van der Waals surface area contributed by atoms with Gasteiger partial charge in [0.05, 0.1) is 6.54 Å². The molecule has 0 radical (unpaired) electrons. The first-order valence-electron chi connectivity index (χ1n) is 8.30. The first-order chi connectivity index (χ1) is 12.9. The van der Waals surface area contributed by atoms with Crippen LogP contribution in [0, 0.1) is 5.82 Å². The Morgan fingerprint density at radius 3 is 2.54 bits per heavy atom. The Bertz CT molecular complexity index is 769. The fourth-order valence-electron chi connectivity index (χ4n) is 2.09. The Hall–Kier alpha value is -2.18. The number of alkyl halides is 3. The number of halogens is 5. The summed E-state index contributed by atoms with van der Waals surface area (Å²) >= 11 is 0. The predicted molar refractivity (Wildman–Crippen MR) is 110 cm³/mol. The Morgan fingerprint density at radius 2 is 1.86 bits per heavy atom. The van der Waals surface area contributed by atoms with Crippen molar-refractivity contribution in [1.82, 2.24) is 20.6 Å². The molecule has 0 aliphatic heterocycles. The zero-order chi connectivity index (χ0) is 19.7. The van der Waals surface area contributed by atoms with Gasteiger partial charge in [0, 0.05) is 31.4 Å². The van der Waals surface area contributed by atoms with Crippen molar-refractivity contribution < 1.29 is 17.6 Å². The highest BCUT2D eigenvalue weighted by Gasteiger charge is 2.32. The molecule has 0 spiro atoms. The average molecular weight is 512 g/mol. The van der Waals surface area contributed by atoms with Gasteiger partial charge in [-0.15, -0.1) is 24.0 Å². The second-order valence-electron chi connectivity index (χ2n) is 5.40. The molecule has 0 aliphatic rings. The summed E-state index contributed by atoms with van der Waals surface area (Å²) in [6.45, 7) is 3.27. The summed E-state index contributed by atoms with van der Waals surface area (Å²) in [5, 5.41) is 8.72. The maximum absolute atomic E-state index is 13.6. The standard InChI is InChI=1S/C17H20F4N6.HI/c1-2-22-15(26-11-12-5-3-4-6-13(12)18)24-9-10-25-16-23-8-7-14(27-16)17(19,20)21;/h3-8H,2,9-11H2,1H3,(H2,22,24,26)(H,23,25,27);1H. The second kappa shape index (κ2) is 11.6. The molecule has 1 heterocycles. The Balaban J connectivity index is 0.00000392. The normalized spacial score (nSPS) is 11.5. The van der Waals surface area contributed by atoms with E-state index in [2.05, 4.69) is 30.9 Å². The predicted octanol–water partition coefficient (Wildman–Crippen LogP) is 3.42. The molecule has 0 unspecified atom stereocenters. The van der Waals surface area contributed by atoms with Gasteiger partial charge in [-0.1, -0.05) is 18.2 Å². The SMILES string of the molecule is CCNC(=NCc1ccccc1F)NCCNc1nccc(C(F)(F)F)n1.I. The third-order valence-electron chi connectivity index (χ3n) is 3.36. The summed E-state index contributed by atoms with van der Waals surface area (Å²) in [5.74, 6) is 0.0212. The van der Waals surface area contributed by atoms with E-state index in [4.69, 9.17) is 0 Å². The number of benzene rings is 1. The van der Waals surface area contributed by atoms with E-state index in [0.29, 0.717) is 24.6 Å². The number of nitrogens with zero attached hydrogens (tertiary/aromatic N) is 3. The minimum atomic E-state index is -4.52. The zero-order valence-electron chi connectivity index (χ0n) is 15.1. The van der Waals surface area contributed by atoms with Gasteiger partial charge >= 0.3 is 6.18 Å². The lowest BCUT2D eigenvalue weighted by Crippen LogP contribution is -2.39. The van der Waals surface area contributed by atoms with Crippen LogP contribution in [-0.2, 0) is 12.7 Å². The van der Waals surface area contributed by atoms with E-state index in [1.54, 1.807) is 18.2 Å². The third kappa shape index (κ3) is 7.82. The number of hydrogen-bond acceptors (Lipinski definition) is 4. The first kappa shape index (κ1) is 23.9. The van der Waals surface area contributed by atoms with Crippen molar-refractivity contribution in [2.45, 2.75) is 19.6 Å². The van der Waals surface area contributed by atoms with Crippen molar-refractivity contribution in [2.24, 2.45) is 4.99 Å². The van der Waals surface area contributed by atoms with Crippen LogP contribution >= 0.6 is 24.0 Å². The van der Waals surface area contributed by atoms with E-state index >= 15 is 0 Å². The van der Waals surface area contributed by atoms with Gasteiger partial charge in [0.15, 0.2) is 5.96 Å². The van der Waals surface area contributed by atoms with Crippen LogP contribution in [0.5, 0.6) is 0 Å². The fraction of sp³-hybridized carbons (Fsp3) is 0.353. The van der Waals surface area contributed by atoms with Crippen LogP contribution in [0.3, 0.4) is 0 Å². The summed E-state index contributed by atoms with van der Waals surface area (Å²) in [7, 11) is 0. The van der Waals surface area contributed by atoms with Crippen LogP contribution in [0.2, 0.25) is 0 Å². The van der Waals surface area contributed by atoms with Gasteiger partial charge in [-0.05, 0) is 19.1 Å². The lowest BCUT2D eigenvalue weighted by molar-refractivity contribution is -0.141. The van der Waals surface area contributed by atoms with Crippen LogP contribution in [0.4, 0.5) is 23.5 Å². The molecule has 28 heavy (non-hydrogen) atoms. The molecule has 154 valence electrons. The lowest BCUT2D eigenvalue weighted by Gasteiger charge is -2.12. The Labute approximate surface area is 177 Å². The minimum Gasteiger partial charge on any atom is -0.357 e. The van der Waals surface area contributed by atoms with Crippen molar-refractivity contribution in [1.29, 1.82) is 0 Å². The topological polar surface area (TPSA) is 74.2 Å². The zero-order valence-corrected chi connectivity index (χ0v) is 17.4. The molecule has 0 atom stereocenters. The molecular formula is C17H21F4IN6. The third-order valence-corrected chi connectivity index (χ3v) is 3.36. The van der Waals surface area contributed by atoms with Crippen LogP contribution in [-0.4, -0.2) is 35.6 Å².